The molecule has 216 valence electrons. The van der Waals surface area contributed by atoms with Crippen molar-refractivity contribution in [3.05, 3.63) is 118 Å². The van der Waals surface area contributed by atoms with Crippen molar-refractivity contribution in [2.45, 2.75) is 38.5 Å². The van der Waals surface area contributed by atoms with Crippen molar-refractivity contribution < 1.29 is 28.2 Å². The largest absolute Gasteiger partial charge is 0.478 e. The van der Waals surface area contributed by atoms with Gasteiger partial charge in [-0.15, -0.1) is 0 Å². The monoisotopic (exact) mass is 580 g/mol. The molecule has 1 saturated heterocycles. The average molecular weight is 581 g/mol. The summed E-state index contributed by atoms with van der Waals surface area (Å²) in [5.41, 5.74) is 3.42. The van der Waals surface area contributed by atoms with Crippen LogP contribution in [0.4, 0.5) is 14.5 Å². The smallest absolute Gasteiger partial charge is 0.335 e. The summed E-state index contributed by atoms with van der Waals surface area (Å²) in [4.78, 5) is 24.0. The molecule has 0 radical (unpaired) electrons. The van der Waals surface area contributed by atoms with Crippen LogP contribution in [0.15, 0.2) is 72.8 Å². The number of fused-ring (bicyclic) bond motifs is 1. The minimum absolute atomic E-state index is 0.0213. The SMILES string of the molecule is [C-]#[N+]c1ccc(COc2cccc(-c3ccc(Cc4nc5ccc(C(=O)O)cc5n4CC4CCCO4)c(F)c3)n2)c(F)c1. The van der Waals surface area contributed by atoms with Crippen molar-refractivity contribution in [3.63, 3.8) is 0 Å². The number of rotatable bonds is 9. The molecule has 43 heavy (non-hydrogen) atoms. The number of carboxylic acids is 1. The summed E-state index contributed by atoms with van der Waals surface area (Å²) in [7, 11) is 0. The van der Waals surface area contributed by atoms with Crippen LogP contribution in [0.3, 0.4) is 0 Å². The van der Waals surface area contributed by atoms with Crippen LogP contribution in [0.2, 0.25) is 0 Å². The number of carbonyl (C=O) groups is 1. The first-order valence-corrected chi connectivity index (χ1v) is 13.8. The summed E-state index contributed by atoms with van der Waals surface area (Å²) in [5, 5.41) is 9.50. The third kappa shape index (κ3) is 6.08. The Hall–Kier alpha value is -5.14. The molecule has 5 aromatic rings. The molecule has 0 amide bonds. The Bertz CT molecular complexity index is 1880. The van der Waals surface area contributed by atoms with Gasteiger partial charge in [0.15, 0.2) is 5.69 Å². The first kappa shape index (κ1) is 28.0. The highest BCUT2D eigenvalue weighted by molar-refractivity contribution is 5.92. The van der Waals surface area contributed by atoms with E-state index in [1.54, 1.807) is 42.5 Å². The number of aromatic nitrogens is 3. The lowest BCUT2D eigenvalue weighted by Crippen LogP contribution is -2.17. The third-order valence-electron chi connectivity index (χ3n) is 7.45. The highest BCUT2D eigenvalue weighted by atomic mass is 19.1. The predicted octanol–water partition coefficient (Wildman–Crippen LogP) is 6.97. The molecule has 1 atom stereocenters. The maximum atomic E-state index is 15.5. The van der Waals surface area contributed by atoms with Gasteiger partial charge in [0.05, 0.1) is 41.5 Å². The number of hydrogen-bond acceptors (Lipinski definition) is 5. The quantitative estimate of drug-likeness (QED) is 0.189. The Balaban J connectivity index is 1.23. The Kier molecular flexibility index (Phi) is 7.81. The van der Waals surface area contributed by atoms with Gasteiger partial charge in [-0.2, -0.15) is 0 Å². The fraction of sp³-hybridized carbons (Fsp3) is 0.212. The maximum Gasteiger partial charge on any atom is 0.335 e. The highest BCUT2D eigenvalue weighted by Gasteiger charge is 2.22. The van der Waals surface area contributed by atoms with Gasteiger partial charge in [-0.3, -0.25) is 0 Å². The number of carboxylic acid groups (broad SMARTS) is 1. The first-order valence-electron chi connectivity index (χ1n) is 13.8. The molecule has 2 aromatic heterocycles. The van der Waals surface area contributed by atoms with E-state index >= 15 is 4.39 Å². The molecule has 6 rings (SSSR count). The van der Waals surface area contributed by atoms with E-state index in [1.807, 2.05) is 4.57 Å². The van der Waals surface area contributed by atoms with E-state index in [0.29, 0.717) is 52.4 Å². The van der Waals surface area contributed by atoms with Crippen LogP contribution in [-0.4, -0.2) is 38.3 Å². The zero-order valence-corrected chi connectivity index (χ0v) is 23.0. The maximum absolute atomic E-state index is 15.5. The molecule has 1 aliphatic heterocycles. The van der Waals surface area contributed by atoms with E-state index in [9.17, 15) is 14.3 Å². The molecular weight excluding hydrogens is 554 g/mol. The van der Waals surface area contributed by atoms with Crippen LogP contribution in [-0.2, 0) is 24.3 Å². The van der Waals surface area contributed by atoms with Gasteiger partial charge < -0.3 is 19.1 Å². The van der Waals surface area contributed by atoms with E-state index in [0.717, 1.165) is 18.9 Å². The summed E-state index contributed by atoms with van der Waals surface area (Å²) in [5.74, 6) is -1.13. The van der Waals surface area contributed by atoms with Gasteiger partial charge in [0.1, 0.15) is 24.1 Å². The van der Waals surface area contributed by atoms with E-state index in [1.165, 1.54) is 24.3 Å². The molecule has 1 unspecified atom stereocenters. The fourth-order valence-corrected chi connectivity index (χ4v) is 5.19. The van der Waals surface area contributed by atoms with Crippen molar-refractivity contribution in [2.24, 2.45) is 0 Å². The van der Waals surface area contributed by atoms with Gasteiger partial charge in [0, 0.05) is 30.2 Å². The second-order valence-electron chi connectivity index (χ2n) is 10.3. The molecule has 0 saturated carbocycles. The summed E-state index contributed by atoms with van der Waals surface area (Å²) < 4.78 is 43.2. The highest BCUT2D eigenvalue weighted by Crippen LogP contribution is 2.27. The predicted molar refractivity (Wildman–Crippen MR) is 155 cm³/mol. The van der Waals surface area contributed by atoms with E-state index < -0.39 is 17.6 Å². The van der Waals surface area contributed by atoms with Gasteiger partial charge in [0.2, 0.25) is 5.88 Å². The zero-order valence-electron chi connectivity index (χ0n) is 23.0. The van der Waals surface area contributed by atoms with Crippen molar-refractivity contribution in [3.8, 4) is 17.1 Å². The number of ether oxygens (including phenoxy) is 2. The molecule has 10 heteroatoms. The van der Waals surface area contributed by atoms with Crippen LogP contribution in [0.5, 0.6) is 5.88 Å². The zero-order chi connectivity index (χ0) is 29.9. The number of pyridine rings is 1. The Morgan fingerprint density at radius 3 is 2.63 bits per heavy atom. The lowest BCUT2D eigenvalue weighted by Gasteiger charge is -2.15. The van der Waals surface area contributed by atoms with E-state index in [-0.39, 0.29) is 36.3 Å². The number of imidazole rings is 1. The van der Waals surface area contributed by atoms with Gasteiger partial charge in [-0.1, -0.05) is 30.3 Å². The molecule has 3 aromatic carbocycles. The van der Waals surface area contributed by atoms with Crippen molar-refractivity contribution >= 4 is 22.7 Å². The van der Waals surface area contributed by atoms with E-state index in [4.69, 9.17) is 21.0 Å². The lowest BCUT2D eigenvalue weighted by atomic mass is 10.1. The second kappa shape index (κ2) is 12.0. The van der Waals surface area contributed by atoms with Crippen LogP contribution >= 0.6 is 0 Å². The topological polar surface area (TPSA) is 90.8 Å². The molecule has 1 fully saturated rings. The summed E-state index contributed by atoms with van der Waals surface area (Å²) in [6.45, 7) is 8.10. The molecule has 3 heterocycles. The molecule has 0 bridgehead atoms. The number of aromatic carboxylic acids is 1. The molecule has 0 aliphatic carbocycles. The minimum atomic E-state index is -1.03. The number of hydrogen-bond donors (Lipinski definition) is 1. The molecule has 0 spiro atoms. The number of halogens is 2. The summed E-state index contributed by atoms with van der Waals surface area (Å²) in [6, 6.07) is 18.9. The third-order valence-corrected chi connectivity index (χ3v) is 7.45. The molecule has 1 aliphatic rings. The molecule has 8 nitrogen and oxygen atoms in total. The first-order chi connectivity index (χ1) is 20.9. The number of nitrogens with zero attached hydrogens (tertiary/aromatic N) is 4. The summed E-state index contributed by atoms with van der Waals surface area (Å²) in [6.07, 6.45) is 2.02. The molecular formula is C33H26F2N4O4. The van der Waals surface area contributed by atoms with Crippen molar-refractivity contribution in [2.75, 3.05) is 6.61 Å². The second-order valence-corrected chi connectivity index (χ2v) is 10.3. The normalized spacial score (nSPS) is 14.6. The van der Waals surface area contributed by atoms with E-state index in [2.05, 4.69) is 9.83 Å². The fourth-order valence-electron chi connectivity index (χ4n) is 5.19. The number of benzene rings is 3. The van der Waals surface area contributed by atoms with Crippen molar-refractivity contribution in [1.82, 2.24) is 14.5 Å². The Morgan fingerprint density at radius 2 is 1.88 bits per heavy atom. The van der Waals surface area contributed by atoms with Gasteiger partial charge in [-0.05, 0) is 54.8 Å². The van der Waals surface area contributed by atoms with Crippen LogP contribution < -0.4 is 4.74 Å². The Morgan fingerprint density at radius 1 is 1.05 bits per heavy atom. The average Bonchev–Trinajstić information content (AvgIpc) is 3.65. The van der Waals surface area contributed by atoms with Crippen LogP contribution in [0.25, 0.3) is 27.1 Å². The van der Waals surface area contributed by atoms with Gasteiger partial charge in [-0.25, -0.2) is 28.4 Å². The Labute approximate surface area is 246 Å². The van der Waals surface area contributed by atoms with Crippen LogP contribution in [0, 0.1) is 18.2 Å². The standard InChI is InChI=1S/C33H26F2N4O4/c1-36-24-11-9-23(27(35)17-24)19-43-32-6-2-5-28(38-32)21-8-7-20(26(34)14-21)16-31-37-29-12-10-22(33(40)41)15-30(29)39(31)18-25-4-3-13-42-25/h2,5-12,14-15,17,25H,3-4,13,16,18-19H2,(H,40,41). The lowest BCUT2D eigenvalue weighted by molar-refractivity contribution is 0.0697. The van der Waals surface area contributed by atoms with Gasteiger partial charge in [0.25, 0.3) is 0 Å². The van der Waals surface area contributed by atoms with Crippen molar-refractivity contribution in [1.29, 1.82) is 0 Å². The molecule has 1 N–H and O–H groups in total. The minimum Gasteiger partial charge on any atom is -0.478 e. The van der Waals surface area contributed by atoms with Gasteiger partial charge >= 0.3 is 5.97 Å². The van der Waals surface area contributed by atoms with Crippen LogP contribution in [0.1, 0.15) is 40.2 Å². The summed E-state index contributed by atoms with van der Waals surface area (Å²) >= 11 is 0.